The summed E-state index contributed by atoms with van der Waals surface area (Å²) in [6.45, 7) is 9.99. The number of nitrogens with zero attached hydrogens (tertiary/aromatic N) is 3. The summed E-state index contributed by atoms with van der Waals surface area (Å²) in [5.41, 5.74) is 4.00. The average Bonchev–Trinajstić information content (AvgIpc) is 3.31. The van der Waals surface area contributed by atoms with Crippen LogP contribution in [-0.2, 0) is 12.0 Å². The van der Waals surface area contributed by atoms with Gasteiger partial charge in [0, 0.05) is 61.6 Å². The SMILES string of the molecule is CC1(C)CCN(C(=O)c2cc(F)cc(Cl)c2)Cc2cc(N3CCN(C4CCCC4)CC3)ccc21. The van der Waals surface area contributed by atoms with Gasteiger partial charge in [-0.05, 0) is 66.1 Å². The molecule has 2 aromatic carbocycles. The van der Waals surface area contributed by atoms with Crippen molar-refractivity contribution in [1.29, 1.82) is 0 Å². The number of carbonyl (C=O) groups excluding carboxylic acids is 1. The van der Waals surface area contributed by atoms with E-state index in [0.29, 0.717) is 18.7 Å². The molecule has 3 aliphatic rings. The molecule has 5 rings (SSSR count). The average molecular weight is 484 g/mol. The standard InChI is InChI=1S/C28H35ClFN3O/c1-28(2)9-10-33(27(34)20-15-22(29)18-23(30)16-20)19-21-17-25(7-8-26(21)28)32-13-11-31(12-14-32)24-5-3-4-6-24/h7-8,15-18,24H,3-6,9-14,19H2,1-2H3. The van der Waals surface area contributed by atoms with E-state index in [1.165, 1.54) is 54.6 Å². The maximum atomic E-state index is 13.9. The summed E-state index contributed by atoms with van der Waals surface area (Å²) in [6, 6.07) is 11.7. The Labute approximate surface area is 207 Å². The second kappa shape index (κ2) is 9.50. The van der Waals surface area contributed by atoms with Crippen LogP contribution in [0.25, 0.3) is 0 Å². The van der Waals surface area contributed by atoms with E-state index in [2.05, 4.69) is 41.8 Å². The lowest BCUT2D eigenvalue weighted by atomic mass is 9.80. The molecule has 182 valence electrons. The maximum absolute atomic E-state index is 13.9. The Kier molecular flexibility index (Phi) is 6.60. The van der Waals surface area contributed by atoms with Crippen LogP contribution in [0.15, 0.2) is 36.4 Å². The fourth-order valence-corrected chi connectivity index (χ4v) is 6.27. The van der Waals surface area contributed by atoms with Gasteiger partial charge in [0.1, 0.15) is 5.82 Å². The monoisotopic (exact) mass is 483 g/mol. The third kappa shape index (κ3) is 4.83. The van der Waals surface area contributed by atoms with Gasteiger partial charge >= 0.3 is 0 Å². The van der Waals surface area contributed by atoms with Gasteiger partial charge in [0.15, 0.2) is 0 Å². The molecule has 1 aliphatic carbocycles. The second-order valence-electron chi connectivity index (χ2n) is 10.8. The number of rotatable bonds is 3. The molecule has 0 unspecified atom stereocenters. The molecule has 0 spiro atoms. The lowest BCUT2D eigenvalue weighted by Crippen LogP contribution is -2.49. The zero-order valence-corrected chi connectivity index (χ0v) is 21.1. The Bertz CT molecular complexity index is 1040. The zero-order valence-electron chi connectivity index (χ0n) is 20.3. The van der Waals surface area contributed by atoms with E-state index >= 15 is 0 Å². The van der Waals surface area contributed by atoms with Gasteiger partial charge in [-0.25, -0.2) is 4.39 Å². The third-order valence-electron chi connectivity index (χ3n) is 8.10. The van der Waals surface area contributed by atoms with Gasteiger partial charge in [0.25, 0.3) is 5.91 Å². The highest BCUT2D eigenvalue weighted by Crippen LogP contribution is 2.37. The molecule has 0 aromatic heterocycles. The van der Waals surface area contributed by atoms with E-state index in [4.69, 9.17) is 11.6 Å². The Balaban J connectivity index is 1.36. The molecule has 2 aliphatic heterocycles. The van der Waals surface area contributed by atoms with E-state index in [-0.39, 0.29) is 16.3 Å². The summed E-state index contributed by atoms with van der Waals surface area (Å²) < 4.78 is 13.9. The Morgan fingerprint density at radius 3 is 2.44 bits per heavy atom. The lowest BCUT2D eigenvalue weighted by molar-refractivity contribution is 0.0740. The topological polar surface area (TPSA) is 26.8 Å². The summed E-state index contributed by atoms with van der Waals surface area (Å²) in [5, 5.41) is 0.248. The first-order chi connectivity index (χ1) is 16.3. The van der Waals surface area contributed by atoms with Crippen LogP contribution in [-0.4, -0.2) is 54.5 Å². The minimum atomic E-state index is -0.481. The fourth-order valence-electron chi connectivity index (χ4n) is 6.05. The largest absolute Gasteiger partial charge is 0.369 e. The highest BCUT2D eigenvalue weighted by atomic mass is 35.5. The van der Waals surface area contributed by atoms with Crippen LogP contribution in [0.1, 0.15) is 67.4 Å². The van der Waals surface area contributed by atoms with Gasteiger partial charge in [-0.1, -0.05) is 44.4 Å². The second-order valence-corrected chi connectivity index (χ2v) is 11.3. The maximum Gasteiger partial charge on any atom is 0.254 e. The quantitative estimate of drug-likeness (QED) is 0.546. The summed E-state index contributed by atoms with van der Waals surface area (Å²) in [6.07, 6.45) is 6.32. The van der Waals surface area contributed by atoms with Gasteiger partial charge in [0.05, 0.1) is 0 Å². The van der Waals surface area contributed by atoms with Crippen molar-refractivity contribution < 1.29 is 9.18 Å². The molecule has 0 radical (unpaired) electrons. The van der Waals surface area contributed by atoms with Crippen LogP contribution in [0.5, 0.6) is 0 Å². The van der Waals surface area contributed by atoms with Gasteiger partial charge < -0.3 is 9.80 Å². The van der Waals surface area contributed by atoms with Gasteiger partial charge in [-0.2, -0.15) is 0 Å². The molecular formula is C28H35ClFN3O. The van der Waals surface area contributed by atoms with Gasteiger partial charge in [-0.3, -0.25) is 9.69 Å². The summed E-state index contributed by atoms with van der Waals surface area (Å²) in [5.74, 6) is -0.647. The number of anilines is 1. The number of hydrogen-bond acceptors (Lipinski definition) is 3. The predicted molar refractivity (Wildman–Crippen MR) is 136 cm³/mol. The molecular weight excluding hydrogens is 449 g/mol. The molecule has 6 heteroatoms. The Morgan fingerprint density at radius 2 is 1.74 bits per heavy atom. The van der Waals surface area contributed by atoms with Crippen molar-refractivity contribution in [3.63, 3.8) is 0 Å². The van der Waals surface area contributed by atoms with Crippen molar-refractivity contribution >= 4 is 23.2 Å². The minimum Gasteiger partial charge on any atom is -0.369 e. The van der Waals surface area contributed by atoms with Crippen molar-refractivity contribution in [3.8, 4) is 0 Å². The Hall–Kier alpha value is -2.11. The number of carbonyl (C=O) groups is 1. The molecule has 0 atom stereocenters. The number of amides is 1. The smallest absolute Gasteiger partial charge is 0.254 e. The van der Waals surface area contributed by atoms with Crippen LogP contribution < -0.4 is 4.90 Å². The molecule has 2 fully saturated rings. The van der Waals surface area contributed by atoms with Crippen molar-refractivity contribution in [1.82, 2.24) is 9.80 Å². The lowest BCUT2D eigenvalue weighted by Gasteiger charge is -2.39. The number of fused-ring (bicyclic) bond motifs is 1. The molecule has 1 saturated carbocycles. The highest BCUT2D eigenvalue weighted by Gasteiger charge is 2.32. The van der Waals surface area contributed by atoms with Crippen LogP contribution in [0.4, 0.5) is 10.1 Å². The summed E-state index contributed by atoms with van der Waals surface area (Å²) >= 11 is 6.03. The van der Waals surface area contributed by atoms with Crippen molar-refractivity contribution in [3.05, 3.63) is 63.9 Å². The molecule has 4 nitrogen and oxygen atoms in total. The first kappa shape index (κ1) is 23.6. The van der Waals surface area contributed by atoms with Crippen LogP contribution in [0.2, 0.25) is 5.02 Å². The minimum absolute atomic E-state index is 0.0380. The van der Waals surface area contributed by atoms with E-state index in [0.717, 1.165) is 38.6 Å². The first-order valence-electron chi connectivity index (χ1n) is 12.7. The normalized spacial score (nSPS) is 21.4. The third-order valence-corrected chi connectivity index (χ3v) is 8.32. The van der Waals surface area contributed by atoms with E-state index in [9.17, 15) is 9.18 Å². The van der Waals surface area contributed by atoms with Gasteiger partial charge in [0.2, 0.25) is 0 Å². The van der Waals surface area contributed by atoms with Crippen molar-refractivity contribution in [2.24, 2.45) is 0 Å². The molecule has 1 saturated heterocycles. The van der Waals surface area contributed by atoms with E-state index in [1.54, 1.807) is 6.07 Å². The van der Waals surface area contributed by atoms with Crippen molar-refractivity contribution in [2.75, 3.05) is 37.6 Å². The van der Waals surface area contributed by atoms with Crippen molar-refractivity contribution in [2.45, 2.75) is 64.0 Å². The molecule has 34 heavy (non-hydrogen) atoms. The van der Waals surface area contributed by atoms with Crippen LogP contribution in [0, 0.1) is 5.82 Å². The zero-order chi connectivity index (χ0) is 23.9. The first-order valence-corrected chi connectivity index (χ1v) is 13.1. The van der Waals surface area contributed by atoms with Gasteiger partial charge in [-0.15, -0.1) is 0 Å². The number of halogens is 2. The molecule has 2 aromatic rings. The summed E-state index contributed by atoms with van der Waals surface area (Å²) in [4.78, 5) is 20.3. The van der Waals surface area contributed by atoms with E-state index < -0.39 is 5.82 Å². The predicted octanol–water partition coefficient (Wildman–Crippen LogP) is 5.87. The van der Waals surface area contributed by atoms with Crippen LogP contribution >= 0.6 is 11.6 Å². The van der Waals surface area contributed by atoms with Crippen LogP contribution in [0.3, 0.4) is 0 Å². The molecule has 1 amide bonds. The number of hydrogen-bond donors (Lipinski definition) is 0. The Morgan fingerprint density at radius 1 is 1.00 bits per heavy atom. The summed E-state index contributed by atoms with van der Waals surface area (Å²) in [7, 11) is 0. The molecule has 0 N–H and O–H groups in total. The van der Waals surface area contributed by atoms with E-state index in [1.807, 2.05) is 4.90 Å². The fraction of sp³-hybridized carbons (Fsp3) is 0.536. The highest BCUT2D eigenvalue weighted by molar-refractivity contribution is 6.31. The number of piperazine rings is 1. The molecule has 0 bridgehead atoms. The molecule has 2 heterocycles. The number of benzene rings is 2.